The molecular weight excluding hydrogens is 342 g/mol. The molecule has 0 spiro atoms. The van der Waals surface area contributed by atoms with Gasteiger partial charge >= 0.3 is 6.09 Å². The normalized spacial score (nSPS) is 15.2. The lowest BCUT2D eigenvalue weighted by Crippen LogP contribution is -2.48. The van der Waals surface area contributed by atoms with Gasteiger partial charge in [-0.1, -0.05) is 12.1 Å². The topological polar surface area (TPSA) is 88.7 Å². The van der Waals surface area contributed by atoms with Crippen LogP contribution in [0.3, 0.4) is 0 Å². The Kier molecular flexibility index (Phi) is 5.00. The summed E-state index contributed by atoms with van der Waals surface area (Å²) in [5.41, 5.74) is 7.94. The smallest absolute Gasteiger partial charge is 0.407 e. The first kappa shape index (κ1) is 19.0. The monoisotopic (exact) mass is 369 g/mol. The zero-order valence-electron chi connectivity index (χ0n) is 16.1. The number of anilines is 1. The summed E-state index contributed by atoms with van der Waals surface area (Å²) in [5.74, 6) is 0.679. The van der Waals surface area contributed by atoms with Crippen molar-refractivity contribution in [1.82, 2.24) is 9.88 Å². The summed E-state index contributed by atoms with van der Waals surface area (Å²) >= 11 is 0. The van der Waals surface area contributed by atoms with Gasteiger partial charge < -0.3 is 20.5 Å². The number of hydrogen-bond donors (Lipinski definition) is 2. The lowest BCUT2D eigenvalue weighted by molar-refractivity contribution is 0.0746. The summed E-state index contributed by atoms with van der Waals surface area (Å²) in [6.45, 7) is 6.70. The zero-order chi connectivity index (χ0) is 19.7. The van der Waals surface area contributed by atoms with Gasteiger partial charge in [0.25, 0.3) is 0 Å². The van der Waals surface area contributed by atoms with E-state index in [1.807, 2.05) is 51.1 Å². The zero-order valence-corrected chi connectivity index (χ0v) is 16.1. The van der Waals surface area contributed by atoms with Crippen molar-refractivity contribution in [2.24, 2.45) is 5.41 Å². The Bertz CT molecular complexity index is 825. The highest BCUT2D eigenvalue weighted by Gasteiger charge is 2.47. The van der Waals surface area contributed by atoms with Gasteiger partial charge in [0, 0.05) is 34.9 Å². The summed E-state index contributed by atoms with van der Waals surface area (Å²) < 4.78 is 6.01. The predicted octanol–water partition coefficient (Wildman–Crippen LogP) is 4.27. The van der Waals surface area contributed by atoms with Gasteiger partial charge in [0.1, 0.15) is 5.75 Å². The van der Waals surface area contributed by atoms with Crippen molar-refractivity contribution >= 4 is 11.8 Å². The van der Waals surface area contributed by atoms with Crippen molar-refractivity contribution in [1.29, 1.82) is 0 Å². The van der Waals surface area contributed by atoms with Crippen LogP contribution >= 0.6 is 0 Å². The van der Waals surface area contributed by atoms with Crippen molar-refractivity contribution in [2.75, 3.05) is 18.9 Å². The molecular formula is C21H27N3O3. The van der Waals surface area contributed by atoms with Crippen molar-refractivity contribution in [3.8, 4) is 16.9 Å². The van der Waals surface area contributed by atoms with Gasteiger partial charge in [-0.15, -0.1) is 0 Å². The molecule has 0 unspecified atom stereocenters. The lowest BCUT2D eigenvalue weighted by atomic mass is 10.0. The van der Waals surface area contributed by atoms with Gasteiger partial charge in [-0.2, -0.15) is 0 Å². The summed E-state index contributed by atoms with van der Waals surface area (Å²) in [7, 11) is 0. The molecule has 0 radical (unpaired) electrons. The summed E-state index contributed by atoms with van der Waals surface area (Å²) in [4.78, 5) is 17.4. The minimum Gasteiger partial charge on any atom is -0.491 e. The second kappa shape index (κ2) is 7.10. The van der Waals surface area contributed by atoms with E-state index >= 15 is 0 Å². The molecule has 0 bridgehead atoms. The van der Waals surface area contributed by atoms with Crippen molar-refractivity contribution < 1.29 is 14.6 Å². The van der Waals surface area contributed by atoms with Crippen LogP contribution < -0.4 is 10.5 Å². The number of ether oxygens (including phenoxy) is 1. The molecule has 1 heterocycles. The van der Waals surface area contributed by atoms with Gasteiger partial charge in [0.2, 0.25) is 0 Å². The van der Waals surface area contributed by atoms with Gasteiger partial charge in [-0.05, 0) is 57.4 Å². The van der Waals surface area contributed by atoms with E-state index in [1.165, 1.54) is 4.90 Å². The van der Waals surface area contributed by atoms with E-state index < -0.39 is 11.6 Å². The lowest BCUT2D eigenvalue weighted by Gasteiger charge is -2.36. The molecule has 0 saturated heterocycles. The van der Waals surface area contributed by atoms with E-state index in [0.717, 1.165) is 24.0 Å². The fraction of sp³-hybridized carbons (Fsp3) is 0.429. The molecule has 6 heteroatoms. The number of nitrogens with two attached hydrogens (primary N) is 1. The average molecular weight is 369 g/mol. The van der Waals surface area contributed by atoms with Crippen LogP contribution in [0.5, 0.6) is 5.75 Å². The fourth-order valence-electron chi connectivity index (χ4n) is 3.06. The number of hydrogen-bond acceptors (Lipinski definition) is 4. The van der Waals surface area contributed by atoms with Crippen LogP contribution in [0.4, 0.5) is 10.5 Å². The largest absolute Gasteiger partial charge is 0.491 e. The molecule has 0 atom stereocenters. The number of aromatic nitrogens is 1. The van der Waals surface area contributed by atoms with E-state index in [0.29, 0.717) is 24.6 Å². The van der Waals surface area contributed by atoms with Crippen LogP contribution in [0.25, 0.3) is 11.1 Å². The SMILES string of the molecule is CC(C)(C)N(CC1(COc2cncc(-c3cccc(N)c3)c2)CC1)C(=O)O. The Morgan fingerprint density at radius 1 is 1.26 bits per heavy atom. The molecule has 3 N–H and O–H groups in total. The number of nitrogens with zero attached hydrogens (tertiary/aromatic N) is 2. The Morgan fingerprint density at radius 3 is 2.59 bits per heavy atom. The predicted molar refractivity (Wildman–Crippen MR) is 106 cm³/mol. The number of pyridine rings is 1. The van der Waals surface area contributed by atoms with Gasteiger partial charge in [0.15, 0.2) is 0 Å². The summed E-state index contributed by atoms with van der Waals surface area (Å²) in [6.07, 6.45) is 4.51. The molecule has 1 saturated carbocycles. The fourth-order valence-corrected chi connectivity index (χ4v) is 3.06. The standard InChI is InChI=1S/C21H27N3O3/c1-20(2,3)24(19(25)26)13-21(7-8-21)14-27-18-10-16(11-23-12-18)15-5-4-6-17(22)9-15/h4-6,9-12H,7-8,13-14,22H2,1-3H3,(H,25,26). The van der Waals surface area contributed by atoms with Crippen molar-refractivity contribution in [3.63, 3.8) is 0 Å². The van der Waals surface area contributed by atoms with Crippen molar-refractivity contribution in [2.45, 2.75) is 39.2 Å². The van der Waals surface area contributed by atoms with Crippen LogP contribution in [-0.2, 0) is 0 Å². The molecule has 1 aromatic carbocycles. The second-order valence-corrected chi connectivity index (χ2v) is 8.36. The summed E-state index contributed by atoms with van der Waals surface area (Å²) in [6, 6.07) is 9.57. The van der Waals surface area contributed by atoms with E-state index in [1.54, 1.807) is 12.4 Å². The first-order valence-corrected chi connectivity index (χ1v) is 9.13. The molecule has 6 nitrogen and oxygen atoms in total. The van der Waals surface area contributed by atoms with E-state index in [4.69, 9.17) is 10.5 Å². The molecule has 0 aliphatic heterocycles. The third kappa shape index (κ3) is 4.70. The Morgan fingerprint density at radius 2 is 2.00 bits per heavy atom. The first-order chi connectivity index (χ1) is 12.7. The molecule has 1 aliphatic carbocycles. The van der Waals surface area contributed by atoms with Crippen LogP contribution in [0.2, 0.25) is 0 Å². The minimum atomic E-state index is -0.890. The third-order valence-electron chi connectivity index (χ3n) is 4.97. The Balaban J connectivity index is 1.68. The van der Waals surface area contributed by atoms with Crippen LogP contribution in [0.15, 0.2) is 42.7 Å². The van der Waals surface area contributed by atoms with Crippen molar-refractivity contribution in [3.05, 3.63) is 42.7 Å². The highest BCUT2D eigenvalue weighted by atomic mass is 16.5. The number of carbonyl (C=O) groups is 1. The van der Waals surface area contributed by atoms with Crippen LogP contribution in [0.1, 0.15) is 33.6 Å². The molecule has 1 aliphatic rings. The van der Waals surface area contributed by atoms with Crippen LogP contribution in [-0.4, -0.2) is 39.8 Å². The molecule has 1 fully saturated rings. The van der Waals surface area contributed by atoms with Gasteiger partial charge in [0.05, 0.1) is 12.8 Å². The third-order valence-corrected chi connectivity index (χ3v) is 4.97. The van der Waals surface area contributed by atoms with E-state index in [2.05, 4.69) is 4.98 Å². The maximum absolute atomic E-state index is 11.6. The molecule has 1 amide bonds. The Labute approximate surface area is 160 Å². The second-order valence-electron chi connectivity index (χ2n) is 8.36. The molecule has 144 valence electrons. The quantitative estimate of drug-likeness (QED) is 0.742. The minimum absolute atomic E-state index is 0.112. The first-order valence-electron chi connectivity index (χ1n) is 9.13. The number of amides is 1. The maximum Gasteiger partial charge on any atom is 0.407 e. The molecule has 3 rings (SSSR count). The van der Waals surface area contributed by atoms with E-state index in [9.17, 15) is 9.90 Å². The maximum atomic E-state index is 11.6. The number of nitrogen functional groups attached to an aromatic ring is 1. The number of carboxylic acid groups (broad SMARTS) is 1. The Hall–Kier alpha value is -2.76. The average Bonchev–Trinajstić information content (AvgIpc) is 3.37. The molecule has 27 heavy (non-hydrogen) atoms. The van der Waals surface area contributed by atoms with Gasteiger partial charge in [-0.25, -0.2) is 4.79 Å². The highest BCUT2D eigenvalue weighted by Crippen LogP contribution is 2.47. The summed E-state index contributed by atoms with van der Waals surface area (Å²) in [5, 5.41) is 9.53. The van der Waals surface area contributed by atoms with E-state index in [-0.39, 0.29) is 5.41 Å². The van der Waals surface area contributed by atoms with Gasteiger partial charge in [-0.3, -0.25) is 4.98 Å². The molecule has 2 aromatic rings. The number of benzene rings is 1. The van der Waals surface area contributed by atoms with Crippen LogP contribution in [0, 0.1) is 5.41 Å². The molecule has 1 aromatic heterocycles. The number of rotatable bonds is 6. The highest BCUT2D eigenvalue weighted by molar-refractivity contribution is 5.67.